The van der Waals surface area contributed by atoms with Gasteiger partial charge in [0.05, 0.1) is 13.2 Å². The standard InChI is InChI=1S/C12H20N4O5/c17-9(16-4-2-13-3-5-16)7-14-11(20)15-12(10(18)19)1-6-21-8-12/h13H,1-8H2,(H,18,19)(H2,14,15,20). The van der Waals surface area contributed by atoms with Crippen molar-refractivity contribution in [2.75, 3.05) is 45.9 Å². The largest absolute Gasteiger partial charge is 0.479 e. The third kappa shape index (κ3) is 3.82. The molecule has 0 bridgehead atoms. The number of aliphatic carboxylic acids is 1. The van der Waals surface area contributed by atoms with Crippen molar-refractivity contribution >= 4 is 17.9 Å². The Morgan fingerprint density at radius 1 is 1.29 bits per heavy atom. The molecule has 0 aliphatic carbocycles. The smallest absolute Gasteiger partial charge is 0.332 e. The van der Waals surface area contributed by atoms with E-state index >= 15 is 0 Å². The Labute approximate surface area is 122 Å². The number of carbonyl (C=O) groups is 3. The van der Waals surface area contributed by atoms with Crippen LogP contribution in [0.1, 0.15) is 6.42 Å². The lowest BCUT2D eigenvalue weighted by atomic mass is 9.99. The lowest BCUT2D eigenvalue weighted by Gasteiger charge is -2.28. The number of carboxylic acid groups (broad SMARTS) is 1. The van der Waals surface area contributed by atoms with Crippen molar-refractivity contribution in [2.24, 2.45) is 0 Å². The van der Waals surface area contributed by atoms with E-state index in [1.54, 1.807) is 4.90 Å². The van der Waals surface area contributed by atoms with Crippen LogP contribution in [-0.4, -0.2) is 79.4 Å². The summed E-state index contributed by atoms with van der Waals surface area (Å²) in [4.78, 5) is 36.5. The minimum atomic E-state index is -1.40. The van der Waals surface area contributed by atoms with Crippen LogP contribution in [0.15, 0.2) is 0 Å². The van der Waals surface area contributed by atoms with E-state index in [0.717, 1.165) is 13.1 Å². The van der Waals surface area contributed by atoms with Gasteiger partial charge in [0, 0.05) is 39.2 Å². The summed E-state index contributed by atoms with van der Waals surface area (Å²) in [6, 6.07) is -0.675. The highest BCUT2D eigenvalue weighted by atomic mass is 16.5. The fourth-order valence-electron chi connectivity index (χ4n) is 2.33. The Bertz CT molecular complexity index is 416. The highest BCUT2D eigenvalue weighted by Crippen LogP contribution is 2.18. The average molecular weight is 300 g/mol. The minimum Gasteiger partial charge on any atom is -0.479 e. The maximum Gasteiger partial charge on any atom is 0.332 e. The van der Waals surface area contributed by atoms with Crippen LogP contribution in [0.3, 0.4) is 0 Å². The molecule has 2 aliphatic rings. The first kappa shape index (κ1) is 15.5. The summed E-state index contributed by atoms with van der Waals surface area (Å²) in [5.41, 5.74) is -1.40. The number of ether oxygens (including phenoxy) is 1. The molecule has 3 amide bonds. The molecule has 2 fully saturated rings. The monoisotopic (exact) mass is 300 g/mol. The van der Waals surface area contributed by atoms with Crippen molar-refractivity contribution < 1.29 is 24.2 Å². The highest BCUT2D eigenvalue weighted by Gasteiger charge is 2.44. The summed E-state index contributed by atoms with van der Waals surface area (Å²) in [7, 11) is 0. The number of amides is 3. The molecule has 2 rings (SSSR count). The van der Waals surface area contributed by atoms with Crippen molar-refractivity contribution in [2.45, 2.75) is 12.0 Å². The predicted octanol–water partition coefficient (Wildman–Crippen LogP) is -2.04. The number of hydrogen-bond acceptors (Lipinski definition) is 5. The normalized spacial score (nSPS) is 25.4. The number of nitrogens with one attached hydrogen (secondary N) is 3. The molecule has 0 saturated carbocycles. The summed E-state index contributed by atoms with van der Waals surface area (Å²) in [5.74, 6) is -1.32. The second kappa shape index (κ2) is 6.72. The van der Waals surface area contributed by atoms with Gasteiger partial charge in [-0.2, -0.15) is 0 Å². The Kier molecular flexibility index (Phi) is 4.97. The number of hydrogen-bond donors (Lipinski definition) is 4. The van der Waals surface area contributed by atoms with Gasteiger partial charge in [-0.25, -0.2) is 9.59 Å². The van der Waals surface area contributed by atoms with Gasteiger partial charge in [0.2, 0.25) is 5.91 Å². The minimum absolute atomic E-state index is 0.0680. The zero-order valence-corrected chi connectivity index (χ0v) is 11.7. The van der Waals surface area contributed by atoms with E-state index in [9.17, 15) is 19.5 Å². The molecule has 118 valence electrons. The first-order valence-electron chi connectivity index (χ1n) is 6.89. The zero-order chi connectivity index (χ0) is 15.3. The SMILES string of the molecule is O=C(NCC(=O)N1CCNCC1)NC1(C(=O)O)CCOC1. The molecule has 9 heteroatoms. The molecule has 2 saturated heterocycles. The molecule has 2 aliphatic heterocycles. The Balaban J connectivity index is 1.78. The Hall–Kier alpha value is -1.87. The van der Waals surface area contributed by atoms with Gasteiger partial charge < -0.3 is 30.7 Å². The fourth-order valence-corrected chi connectivity index (χ4v) is 2.33. The Morgan fingerprint density at radius 2 is 2.00 bits per heavy atom. The van der Waals surface area contributed by atoms with E-state index in [1.165, 1.54) is 0 Å². The summed E-state index contributed by atoms with van der Waals surface area (Å²) in [6.07, 6.45) is 0.210. The predicted molar refractivity (Wildman–Crippen MR) is 71.8 cm³/mol. The van der Waals surface area contributed by atoms with Crippen LogP contribution in [-0.2, 0) is 14.3 Å². The lowest BCUT2D eigenvalue weighted by molar-refractivity contribution is -0.144. The molecule has 2 heterocycles. The van der Waals surface area contributed by atoms with Crippen molar-refractivity contribution in [1.82, 2.24) is 20.9 Å². The van der Waals surface area contributed by atoms with Crippen LogP contribution < -0.4 is 16.0 Å². The first-order chi connectivity index (χ1) is 10.0. The van der Waals surface area contributed by atoms with Crippen molar-refractivity contribution in [3.63, 3.8) is 0 Å². The summed E-state index contributed by atoms with van der Waals surface area (Å²) in [6.45, 7) is 2.75. The molecule has 1 unspecified atom stereocenters. The molecule has 0 aromatic rings. The van der Waals surface area contributed by atoms with Gasteiger partial charge in [0.25, 0.3) is 0 Å². The average Bonchev–Trinajstić information content (AvgIpc) is 2.95. The van der Waals surface area contributed by atoms with E-state index in [0.29, 0.717) is 13.1 Å². The van der Waals surface area contributed by atoms with Gasteiger partial charge in [-0.3, -0.25) is 4.79 Å². The van der Waals surface area contributed by atoms with E-state index in [1.807, 2.05) is 0 Å². The molecular weight excluding hydrogens is 280 g/mol. The second-order valence-electron chi connectivity index (χ2n) is 5.13. The van der Waals surface area contributed by atoms with Crippen LogP contribution in [0.4, 0.5) is 4.79 Å². The van der Waals surface area contributed by atoms with E-state index in [4.69, 9.17) is 4.74 Å². The van der Waals surface area contributed by atoms with E-state index < -0.39 is 17.5 Å². The summed E-state index contributed by atoms with van der Waals surface area (Å²) in [5, 5.41) is 17.1. The number of nitrogens with zero attached hydrogens (tertiary/aromatic N) is 1. The van der Waals surface area contributed by atoms with Gasteiger partial charge in [-0.05, 0) is 0 Å². The molecule has 0 radical (unpaired) electrons. The van der Waals surface area contributed by atoms with E-state index in [-0.39, 0.29) is 32.1 Å². The molecule has 0 spiro atoms. The van der Waals surface area contributed by atoms with Gasteiger partial charge in [-0.15, -0.1) is 0 Å². The molecular formula is C12H20N4O5. The van der Waals surface area contributed by atoms with Crippen LogP contribution in [0, 0.1) is 0 Å². The fraction of sp³-hybridized carbons (Fsp3) is 0.750. The number of urea groups is 1. The molecule has 1 atom stereocenters. The van der Waals surface area contributed by atoms with Crippen molar-refractivity contribution in [3.8, 4) is 0 Å². The number of carboxylic acids is 1. The zero-order valence-electron chi connectivity index (χ0n) is 11.7. The van der Waals surface area contributed by atoms with Crippen LogP contribution in [0.25, 0.3) is 0 Å². The number of piperazine rings is 1. The topological polar surface area (TPSA) is 120 Å². The van der Waals surface area contributed by atoms with Gasteiger partial charge >= 0.3 is 12.0 Å². The summed E-state index contributed by atoms with van der Waals surface area (Å²) >= 11 is 0. The van der Waals surface area contributed by atoms with Crippen LogP contribution in [0.2, 0.25) is 0 Å². The second-order valence-corrected chi connectivity index (χ2v) is 5.13. The summed E-state index contributed by atoms with van der Waals surface area (Å²) < 4.78 is 5.04. The molecule has 9 nitrogen and oxygen atoms in total. The third-order valence-corrected chi connectivity index (χ3v) is 3.65. The number of carbonyl (C=O) groups excluding carboxylic acids is 2. The molecule has 21 heavy (non-hydrogen) atoms. The number of rotatable bonds is 4. The third-order valence-electron chi connectivity index (χ3n) is 3.65. The molecule has 0 aromatic carbocycles. The maximum absolute atomic E-state index is 11.9. The van der Waals surface area contributed by atoms with Crippen molar-refractivity contribution in [1.29, 1.82) is 0 Å². The lowest BCUT2D eigenvalue weighted by Crippen LogP contribution is -2.58. The van der Waals surface area contributed by atoms with Gasteiger partial charge in [0.1, 0.15) is 0 Å². The highest BCUT2D eigenvalue weighted by molar-refractivity contribution is 5.89. The van der Waals surface area contributed by atoms with Gasteiger partial charge in [-0.1, -0.05) is 0 Å². The first-order valence-corrected chi connectivity index (χ1v) is 6.89. The van der Waals surface area contributed by atoms with E-state index in [2.05, 4.69) is 16.0 Å². The quantitative estimate of drug-likeness (QED) is 0.475. The van der Waals surface area contributed by atoms with Gasteiger partial charge in [0.15, 0.2) is 5.54 Å². The molecule has 4 N–H and O–H groups in total. The maximum atomic E-state index is 11.9. The van der Waals surface area contributed by atoms with Crippen LogP contribution >= 0.6 is 0 Å². The molecule has 0 aromatic heterocycles. The van der Waals surface area contributed by atoms with Crippen LogP contribution in [0.5, 0.6) is 0 Å². The Morgan fingerprint density at radius 3 is 2.57 bits per heavy atom. The van der Waals surface area contributed by atoms with Crippen molar-refractivity contribution in [3.05, 3.63) is 0 Å².